The van der Waals surface area contributed by atoms with Crippen molar-refractivity contribution in [2.45, 2.75) is 25.2 Å². The van der Waals surface area contributed by atoms with Gasteiger partial charge in [-0.3, -0.25) is 9.59 Å². The highest BCUT2D eigenvalue weighted by Gasteiger charge is 2.35. The van der Waals surface area contributed by atoms with Crippen molar-refractivity contribution in [1.82, 2.24) is 19.9 Å². The van der Waals surface area contributed by atoms with E-state index in [1.165, 1.54) is 50.1 Å². The van der Waals surface area contributed by atoms with Gasteiger partial charge in [-0.15, -0.1) is 11.3 Å². The van der Waals surface area contributed by atoms with E-state index in [4.69, 9.17) is 14.5 Å². The van der Waals surface area contributed by atoms with Crippen molar-refractivity contribution in [3.8, 4) is 5.75 Å². The lowest BCUT2D eigenvalue weighted by atomic mass is 10.0. The standard InChI is InChI=1S/C25H24FN5O4S/c1-34-14-30-11-18(23(32)21(12-30)35-2)24(33)28-17-9-20(15-4-3-5-16(26)8-15)31(10-17)22-7-6-19-25(29-22)36-13-27-19/h3-8,11-13,17,20H,9-10,14H2,1-2H3,(H,28,33)/t17-,20+/m0/s1. The summed E-state index contributed by atoms with van der Waals surface area (Å²) < 4.78 is 25.9. The number of ether oxygens (including phenoxy) is 2. The minimum atomic E-state index is -0.514. The molecule has 0 bridgehead atoms. The van der Waals surface area contributed by atoms with E-state index in [1.54, 1.807) is 16.1 Å². The number of hydrogen-bond acceptors (Lipinski definition) is 8. The molecule has 11 heteroatoms. The molecule has 0 unspecified atom stereocenters. The molecule has 9 nitrogen and oxygen atoms in total. The number of carbonyl (C=O) groups is 1. The van der Waals surface area contributed by atoms with Gasteiger partial charge in [0.1, 0.15) is 34.3 Å². The Labute approximate surface area is 210 Å². The molecular formula is C25H24FN5O4S. The summed E-state index contributed by atoms with van der Waals surface area (Å²) in [7, 11) is 2.89. The summed E-state index contributed by atoms with van der Waals surface area (Å²) in [6.45, 7) is 0.585. The Morgan fingerprint density at radius 2 is 2.11 bits per heavy atom. The Kier molecular flexibility index (Phi) is 6.66. The molecule has 0 spiro atoms. The molecule has 1 amide bonds. The molecule has 0 radical (unpaired) electrons. The van der Waals surface area contributed by atoms with E-state index in [-0.39, 0.29) is 35.9 Å². The van der Waals surface area contributed by atoms with Gasteiger partial charge in [-0.2, -0.15) is 0 Å². The third-order valence-electron chi connectivity index (χ3n) is 6.13. The van der Waals surface area contributed by atoms with Crippen LogP contribution in [-0.4, -0.2) is 47.2 Å². The Hall–Kier alpha value is -3.83. The molecule has 0 aliphatic carbocycles. The molecule has 1 saturated heterocycles. The molecule has 4 aromatic rings. The second kappa shape index (κ2) is 10.0. The van der Waals surface area contributed by atoms with Crippen molar-refractivity contribution in [2.75, 3.05) is 25.7 Å². The van der Waals surface area contributed by atoms with Crippen molar-refractivity contribution in [2.24, 2.45) is 0 Å². The molecular weight excluding hydrogens is 485 g/mol. The zero-order valence-electron chi connectivity index (χ0n) is 19.7. The predicted molar refractivity (Wildman–Crippen MR) is 134 cm³/mol. The molecule has 3 aromatic heterocycles. The van der Waals surface area contributed by atoms with Crippen LogP contribution in [0.25, 0.3) is 10.3 Å². The topological polar surface area (TPSA) is 98.6 Å². The Morgan fingerprint density at radius 3 is 2.89 bits per heavy atom. The first kappa shape index (κ1) is 23.9. The van der Waals surface area contributed by atoms with Gasteiger partial charge in [0.15, 0.2) is 5.75 Å². The largest absolute Gasteiger partial charge is 0.491 e. The number of fused-ring (bicyclic) bond motifs is 1. The summed E-state index contributed by atoms with van der Waals surface area (Å²) in [5.74, 6) is -0.0885. The average Bonchev–Trinajstić information content (AvgIpc) is 3.51. The van der Waals surface area contributed by atoms with E-state index >= 15 is 0 Å². The van der Waals surface area contributed by atoms with Crippen LogP contribution in [0.3, 0.4) is 0 Å². The highest BCUT2D eigenvalue weighted by Crippen LogP contribution is 2.36. The van der Waals surface area contributed by atoms with Crippen molar-refractivity contribution in [1.29, 1.82) is 0 Å². The second-order valence-electron chi connectivity index (χ2n) is 8.48. The molecule has 36 heavy (non-hydrogen) atoms. The molecule has 1 aromatic carbocycles. The predicted octanol–water partition coefficient (Wildman–Crippen LogP) is 3.35. The molecule has 1 aliphatic rings. The van der Waals surface area contributed by atoms with Crippen LogP contribution < -0.4 is 20.4 Å². The molecule has 1 fully saturated rings. The number of methoxy groups -OCH3 is 2. The van der Waals surface area contributed by atoms with Gasteiger partial charge < -0.3 is 24.3 Å². The van der Waals surface area contributed by atoms with E-state index < -0.39 is 11.3 Å². The van der Waals surface area contributed by atoms with Crippen molar-refractivity contribution >= 4 is 33.4 Å². The summed E-state index contributed by atoms with van der Waals surface area (Å²) in [4.78, 5) is 37.9. The first-order valence-corrected chi connectivity index (χ1v) is 12.1. The number of anilines is 1. The molecule has 0 saturated carbocycles. The van der Waals surface area contributed by atoms with Crippen LogP contribution in [0.1, 0.15) is 28.4 Å². The highest BCUT2D eigenvalue weighted by molar-refractivity contribution is 7.16. The van der Waals surface area contributed by atoms with Gasteiger partial charge in [-0.25, -0.2) is 14.4 Å². The number of nitrogens with zero attached hydrogens (tertiary/aromatic N) is 4. The fourth-order valence-electron chi connectivity index (χ4n) is 4.52. The number of pyridine rings is 2. The van der Waals surface area contributed by atoms with Gasteiger partial charge in [0, 0.05) is 25.9 Å². The van der Waals surface area contributed by atoms with Crippen LogP contribution in [-0.2, 0) is 11.5 Å². The molecule has 4 heterocycles. The summed E-state index contributed by atoms with van der Waals surface area (Å²) in [6, 6.07) is 9.67. The normalized spacial score (nSPS) is 17.5. The second-order valence-corrected chi connectivity index (χ2v) is 9.31. The zero-order chi connectivity index (χ0) is 25.2. The number of benzene rings is 1. The van der Waals surface area contributed by atoms with Gasteiger partial charge in [-0.1, -0.05) is 12.1 Å². The van der Waals surface area contributed by atoms with Gasteiger partial charge in [0.05, 0.1) is 24.9 Å². The number of nitrogens with one attached hydrogen (secondary N) is 1. The summed E-state index contributed by atoms with van der Waals surface area (Å²) >= 11 is 1.44. The fraction of sp³-hybridized carbons (Fsp3) is 0.280. The fourth-order valence-corrected chi connectivity index (χ4v) is 5.18. The van der Waals surface area contributed by atoms with Crippen LogP contribution in [0.15, 0.2) is 59.1 Å². The average molecular weight is 510 g/mol. The van der Waals surface area contributed by atoms with E-state index in [9.17, 15) is 14.0 Å². The van der Waals surface area contributed by atoms with E-state index in [0.717, 1.165) is 15.9 Å². The number of thiazole rings is 1. The number of halogens is 1. The van der Waals surface area contributed by atoms with E-state index in [0.29, 0.717) is 18.8 Å². The van der Waals surface area contributed by atoms with Gasteiger partial charge >= 0.3 is 0 Å². The lowest BCUT2D eigenvalue weighted by Gasteiger charge is -2.26. The van der Waals surface area contributed by atoms with Crippen LogP contribution in [0.2, 0.25) is 0 Å². The maximum Gasteiger partial charge on any atom is 0.257 e. The van der Waals surface area contributed by atoms with Crippen molar-refractivity contribution < 1.29 is 18.7 Å². The minimum absolute atomic E-state index is 0.0450. The molecule has 1 N–H and O–H groups in total. The lowest BCUT2D eigenvalue weighted by Crippen LogP contribution is -2.39. The Bertz CT molecular complexity index is 1470. The first-order valence-electron chi connectivity index (χ1n) is 11.3. The Morgan fingerprint density at radius 1 is 1.25 bits per heavy atom. The number of amides is 1. The van der Waals surface area contributed by atoms with Crippen LogP contribution in [0.5, 0.6) is 5.75 Å². The minimum Gasteiger partial charge on any atom is -0.491 e. The summed E-state index contributed by atoms with van der Waals surface area (Å²) in [5, 5.41) is 2.98. The third-order valence-corrected chi connectivity index (χ3v) is 6.87. The number of aromatic nitrogens is 3. The molecule has 2 atom stereocenters. The van der Waals surface area contributed by atoms with E-state index in [2.05, 4.69) is 10.3 Å². The van der Waals surface area contributed by atoms with Crippen LogP contribution in [0, 0.1) is 5.82 Å². The van der Waals surface area contributed by atoms with Gasteiger partial charge in [-0.05, 0) is 36.2 Å². The highest BCUT2D eigenvalue weighted by atomic mass is 32.1. The summed E-state index contributed by atoms with van der Waals surface area (Å²) in [6.07, 6.45) is 3.44. The van der Waals surface area contributed by atoms with Crippen molar-refractivity contribution in [3.63, 3.8) is 0 Å². The maximum atomic E-state index is 14.1. The van der Waals surface area contributed by atoms with Gasteiger partial charge in [0.2, 0.25) is 5.43 Å². The van der Waals surface area contributed by atoms with Gasteiger partial charge in [0.25, 0.3) is 5.91 Å². The van der Waals surface area contributed by atoms with E-state index in [1.807, 2.05) is 23.1 Å². The van der Waals surface area contributed by atoms with Crippen molar-refractivity contribution in [3.05, 3.63) is 81.5 Å². The van der Waals surface area contributed by atoms with Crippen LogP contribution in [0.4, 0.5) is 10.2 Å². The molecule has 186 valence electrons. The smallest absolute Gasteiger partial charge is 0.257 e. The monoisotopic (exact) mass is 509 g/mol. The number of carbonyl (C=O) groups excluding carboxylic acids is 1. The third kappa shape index (κ3) is 4.67. The zero-order valence-corrected chi connectivity index (χ0v) is 20.5. The molecule has 5 rings (SSSR count). The first-order chi connectivity index (χ1) is 17.5. The quantitative estimate of drug-likeness (QED) is 0.408. The number of rotatable bonds is 7. The Balaban J connectivity index is 1.45. The maximum absolute atomic E-state index is 14.1. The SMILES string of the molecule is COCn1cc(OC)c(=O)c(C(=O)N[C@H]2C[C@H](c3cccc(F)c3)N(c3ccc4ncsc4n3)C2)c1. The molecule has 1 aliphatic heterocycles. The van der Waals surface area contributed by atoms with Crippen LogP contribution >= 0.6 is 11.3 Å². The number of hydrogen-bond donors (Lipinski definition) is 1. The summed E-state index contributed by atoms with van der Waals surface area (Å²) in [5.41, 5.74) is 2.78. The lowest BCUT2D eigenvalue weighted by molar-refractivity contribution is 0.0934.